The summed E-state index contributed by atoms with van der Waals surface area (Å²) < 4.78 is 5.35. The number of rotatable bonds is 5. The Kier molecular flexibility index (Phi) is 4.85. The van der Waals surface area contributed by atoms with Gasteiger partial charge in [0.15, 0.2) is 0 Å². The summed E-state index contributed by atoms with van der Waals surface area (Å²) in [6.45, 7) is 6.73. The summed E-state index contributed by atoms with van der Waals surface area (Å²) in [5, 5.41) is 12.0. The van der Waals surface area contributed by atoms with Crippen molar-refractivity contribution in [3.8, 4) is 5.75 Å². The minimum Gasteiger partial charge on any atom is -0.489 e. The van der Waals surface area contributed by atoms with Gasteiger partial charge >= 0.3 is 0 Å². The van der Waals surface area contributed by atoms with Crippen LogP contribution in [-0.2, 0) is 11.8 Å². The smallest absolute Gasteiger partial charge is 0.142 e. The molecule has 0 radical (unpaired) electrons. The second kappa shape index (κ2) is 6.45. The number of benzene rings is 1. The highest BCUT2D eigenvalue weighted by Gasteiger charge is 2.17. The van der Waals surface area contributed by atoms with Gasteiger partial charge in [0.1, 0.15) is 12.4 Å². The van der Waals surface area contributed by atoms with Crippen molar-refractivity contribution in [1.29, 1.82) is 0 Å². The van der Waals surface area contributed by atoms with Crippen LogP contribution < -0.4 is 10.5 Å². The third-order valence-electron chi connectivity index (χ3n) is 3.10. The third-order valence-corrected chi connectivity index (χ3v) is 3.95. The average molecular weight is 306 g/mol. The summed E-state index contributed by atoms with van der Waals surface area (Å²) in [6, 6.07) is 5.74. The number of aliphatic hydroxyl groups excluding tert-OH is 1. The van der Waals surface area contributed by atoms with Crippen LogP contribution in [0, 0.1) is 0 Å². The number of hydrogen-bond acceptors (Lipinski definition) is 5. The van der Waals surface area contributed by atoms with Gasteiger partial charge in [-0.1, -0.05) is 26.8 Å². The predicted octanol–water partition coefficient (Wildman–Crippen LogP) is 2.98. The zero-order valence-corrected chi connectivity index (χ0v) is 13.5. The van der Waals surface area contributed by atoms with Crippen molar-refractivity contribution in [3.63, 3.8) is 0 Å². The molecular formula is C16H22N2O2S. The molecular weight excluding hydrogens is 284 g/mol. The molecule has 1 aromatic carbocycles. The van der Waals surface area contributed by atoms with Crippen LogP contribution in [0.3, 0.4) is 0 Å². The van der Waals surface area contributed by atoms with Gasteiger partial charge in [0.2, 0.25) is 0 Å². The largest absolute Gasteiger partial charge is 0.489 e. The monoisotopic (exact) mass is 306 g/mol. The minimum absolute atomic E-state index is 0.0180. The van der Waals surface area contributed by atoms with E-state index in [1.807, 2.05) is 18.2 Å². The number of aliphatic hydroxyl groups is 1. The fraction of sp³-hybridized carbons (Fsp3) is 0.438. The second-order valence-electron chi connectivity index (χ2n) is 6.00. The molecule has 0 aliphatic rings. The maximum atomic E-state index is 8.76. The topological polar surface area (TPSA) is 68.4 Å². The summed E-state index contributed by atoms with van der Waals surface area (Å²) >= 11 is 1.68. The molecule has 21 heavy (non-hydrogen) atoms. The SMILES string of the molecule is CC(C)(C)c1csc(Cc2ccc(OCCO)c(N)c2)n1. The molecule has 4 nitrogen and oxygen atoms in total. The zero-order chi connectivity index (χ0) is 15.5. The van der Waals surface area contributed by atoms with Crippen molar-refractivity contribution in [3.05, 3.63) is 39.8 Å². The molecule has 0 saturated heterocycles. The molecule has 5 heteroatoms. The lowest BCUT2D eigenvalue weighted by molar-refractivity contribution is 0.202. The van der Waals surface area contributed by atoms with E-state index in [2.05, 4.69) is 26.2 Å². The van der Waals surface area contributed by atoms with Crippen LogP contribution in [0.15, 0.2) is 23.6 Å². The van der Waals surface area contributed by atoms with Crippen molar-refractivity contribution in [2.45, 2.75) is 32.6 Å². The normalized spacial score (nSPS) is 11.6. The van der Waals surface area contributed by atoms with Gasteiger partial charge in [-0.2, -0.15) is 0 Å². The molecule has 0 fully saturated rings. The fourth-order valence-corrected chi connectivity index (χ4v) is 2.96. The number of nitrogen functional groups attached to an aromatic ring is 1. The molecule has 2 aromatic rings. The first kappa shape index (κ1) is 15.8. The van der Waals surface area contributed by atoms with Crippen molar-refractivity contribution >= 4 is 17.0 Å². The second-order valence-corrected chi connectivity index (χ2v) is 6.94. The molecule has 0 atom stereocenters. The van der Waals surface area contributed by atoms with E-state index in [1.54, 1.807) is 11.3 Å². The maximum absolute atomic E-state index is 8.76. The Hall–Kier alpha value is -1.59. The summed E-state index contributed by atoms with van der Waals surface area (Å²) in [7, 11) is 0. The fourth-order valence-electron chi connectivity index (χ4n) is 1.91. The van der Waals surface area contributed by atoms with E-state index in [9.17, 15) is 0 Å². The van der Waals surface area contributed by atoms with E-state index < -0.39 is 0 Å². The van der Waals surface area contributed by atoms with Gasteiger partial charge in [-0.25, -0.2) is 4.98 Å². The standard InChI is InChI=1S/C16H22N2O2S/c1-16(2,3)14-10-21-15(18-14)9-11-4-5-13(12(17)8-11)20-7-6-19/h4-5,8,10,19H,6-7,9,17H2,1-3H3. The number of anilines is 1. The van der Waals surface area contributed by atoms with Gasteiger partial charge in [-0.15, -0.1) is 11.3 Å². The minimum atomic E-state index is -0.0180. The van der Waals surface area contributed by atoms with Gasteiger partial charge in [0.05, 0.1) is 23.0 Å². The zero-order valence-electron chi connectivity index (χ0n) is 12.7. The molecule has 3 N–H and O–H groups in total. The van der Waals surface area contributed by atoms with E-state index in [-0.39, 0.29) is 18.6 Å². The Morgan fingerprint density at radius 1 is 1.33 bits per heavy atom. The molecule has 0 aliphatic carbocycles. The molecule has 0 bridgehead atoms. The van der Waals surface area contributed by atoms with Crippen LogP contribution in [0.25, 0.3) is 0 Å². The van der Waals surface area contributed by atoms with Crippen LogP contribution in [0.1, 0.15) is 37.0 Å². The lowest BCUT2D eigenvalue weighted by Crippen LogP contribution is -2.11. The highest BCUT2D eigenvalue weighted by molar-refractivity contribution is 7.09. The van der Waals surface area contributed by atoms with Crippen LogP contribution in [0.5, 0.6) is 5.75 Å². The van der Waals surface area contributed by atoms with E-state index in [0.717, 1.165) is 22.7 Å². The number of ether oxygens (including phenoxy) is 1. The first-order valence-corrected chi connectivity index (χ1v) is 7.85. The highest BCUT2D eigenvalue weighted by atomic mass is 32.1. The average Bonchev–Trinajstić information content (AvgIpc) is 2.86. The Morgan fingerprint density at radius 2 is 2.10 bits per heavy atom. The quantitative estimate of drug-likeness (QED) is 0.833. The number of nitrogens with two attached hydrogens (primary N) is 1. The van der Waals surface area contributed by atoms with Gasteiger partial charge in [-0.3, -0.25) is 0 Å². The Labute approximate surface area is 129 Å². The summed E-state index contributed by atoms with van der Waals surface area (Å²) in [6.07, 6.45) is 0.769. The molecule has 1 heterocycles. The number of thiazole rings is 1. The Morgan fingerprint density at radius 3 is 2.67 bits per heavy atom. The molecule has 0 aliphatic heterocycles. The lowest BCUT2D eigenvalue weighted by Gasteiger charge is -2.14. The van der Waals surface area contributed by atoms with Crippen molar-refractivity contribution in [2.24, 2.45) is 0 Å². The van der Waals surface area contributed by atoms with E-state index in [0.29, 0.717) is 11.4 Å². The maximum Gasteiger partial charge on any atom is 0.142 e. The number of hydrogen-bond donors (Lipinski definition) is 2. The van der Waals surface area contributed by atoms with Crippen LogP contribution in [-0.4, -0.2) is 23.3 Å². The molecule has 0 spiro atoms. The van der Waals surface area contributed by atoms with Gasteiger partial charge in [-0.05, 0) is 17.7 Å². The predicted molar refractivity (Wildman–Crippen MR) is 87.1 cm³/mol. The van der Waals surface area contributed by atoms with E-state index in [1.165, 1.54) is 0 Å². The van der Waals surface area contributed by atoms with Gasteiger partial charge in [0.25, 0.3) is 0 Å². The van der Waals surface area contributed by atoms with Crippen LogP contribution in [0.2, 0.25) is 0 Å². The molecule has 0 amide bonds. The van der Waals surface area contributed by atoms with Crippen molar-refractivity contribution in [2.75, 3.05) is 18.9 Å². The Bertz CT molecular complexity index is 603. The van der Waals surface area contributed by atoms with Crippen molar-refractivity contribution < 1.29 is 9.84 Å². The first-order chi connectivity index (χ1) is 9.90. The van der Waals surface area contributed by atoms with Crippen LogP contribution >= 0.6 is 11.3 Å². The molecule has 114 valence electrons. The summed E-state index contributed by atoms with van der Waals surface area (Å²) in [5.74, 6) is 0.613. The first-order valence-electron chi connectivity index (χ1n) is 6.97. The molecule has 0 saturated carbocycles. The lowest BCUT2D eigenvalue weighted by atomic mass is 9.93. The molecule has 0 unspecified atom stereocenters. The number of nitrogens with zero attached hydrogens (tertiary/aromatic N) is 1. The number of aromatic nitrogens is 1. The van der Waals surface area contributed by atoms with Crippen LogP contribution in [0.4, 0.5) is 5.69 Å². The van der Waals surface area contributed by atoms with Gasteiger partial charge < -0.3 is 15.6 Å². The summed E-state index contributed by atoms with van der Waals surface area (Å²) in [5.41, 5.74) is 8.87. The Balaban J connectivity index is 2.09. The molecule has 2 rings (SSSR count). The van der Waals surface area contributed by atoms with E-state index >= 15 is 0 Å². The molecule has 1 aromatic heterocycles. The van der Waals surface area contributed by atoms with Gasteiger partial charge in [0, 0.05) is 17.2 Å². The van der Waals surface area contributed by atoms with E-state index in [4.69, 9.17) is 20.6 Å². The van der Waals surface area contributed by atoms with Crippen molar-refractivity contribution in [1.82, 2.24) is 4.98 Å². The highest BCUT2D eigenvalue weighted by Crippen LogP contribution is 2.27. The third kappa shape index (κ3) is 4.19. The summed E-state index contributed by atoms with van der Waals surface area (Å²) in [4.78, 5) is 4.69.